The molecule has 0 bridgehead atoms. The molecular weight excluding hydrogens is 254 g/mol. The minimum Gasteiger partial charge on any atom is -0.355 e. The summed E-state index contributed by atoms with van der Waals surface area (Å²) in [7, 11) is 0. The van der Waals surface area contributed by atoms with Crippen LogP contribution >= 0.6 is 0 Å². The number of aromatic amines is 1. The van der Waals surface area contributed by atoms with E-state index >= 15 is 0 Å². The fourth-order valence-corrected chi connectivity index (χ4v) is 2.73. The molecule has 0 aliphatic heterocycles. The molecule has 0 aliphatic rings. The van der Waals surface area contributed by atoms with Crippen molar-refractivity contribution in [3.8, 4) is 22.4 Å². The van der Waals surface area contributed by atoms with E-state index in [1.807, 2.05) is 6.07 Å². The van der Waals surface area contributed by atoms with Crippen LogP contribution in [0, 0.1) is 0 Å². The van der Waals surface area contributed by atoms with Crippen molar-refractivity contribution in [1.82, 2.24) is 4.98 Å². The first-order valence-corrected chi connectivity index (χ1v) is 7.14. The number of para-hydroxylation sites is 1. The van der Waals surface area contributed by atoms with E-state index in [0.29, 0.717) is 0 Å². The van der Waals surface area contributed by atoms with Crippen LogP contribution in [0.4, 0.5) is 0 Å². The Labute approximate surface area is 123 Å². The molecule has 1 nitrogen and oxygen atoms in total. The van der Waals surface area contributed by atoms with Crippen LogP contribution in [-0.4, -0.2) is 4.98 Å². The van der Waals surface area contributed by atoms with Crippen molar-refractivity contribution in [2.45, 2.75) is 0 Å². The van der Waals surface area contributed by atoms with Crippen LogP contribution < -0.4 is 0 Å². The molecule has 0 aliphatic carbocycles. The first-order valence-electron chi connectivity index (χ1n) is 7.14. The molecule has 0 saturated carbocycles. The zero-order chi connectivity index (χ0) is 14.1. The fraction of sp³-hybridized carbons (Fsp3) is 0. The fourth-order valence-electron chi connectivity index (χ4n) is 2.73. The Bertz CT molecular complexity index is 855. The van der Waals surface area contributed by atoms with Crippen molar-refractivity contribution in [3.05, 3.63) is 84.9 Å². The average molecular weight is 269 g/mol. The van der Waals surface area contributed by atoms with E-state index < -0.39 is 0 Å². The SMILES string of the molecule is c1ccc(-c2cccc(-c3cc4ccccc4[nH]3)c2)cc1. The highest BCUT2D eigenvalue weighted by atomic mass is 14.7. The third-order valence-corrected chi connectivity index (χ3v) is 3.81. The molecule has 1 heteroatoms. The third kappa shape index (κ3) is 2.23. The van der Waals surface area contributed by atoms with Crippen LogP contribution in [0.2, 0.25) is 0 Å². The average Bonchev–Trinajstić information content (AvgIpc) is 3.00. The Balaban J connectivity index is 1.82. The molecule has 21 heavy (non-hydrogen) atoms. The second-order valence-electron chi connectivity index (χ2n) is 5.22. The molecule has 0 fully saturated rings. The van der Waals surface area contributed by atoms with Gasteiger partial charge in [0.05, 0.1) is 0 Å². The molecule has 0 saturated heterocycles. The Kier molecular flexibility index (Phi) is 2.82. The second kappa shape index (κ2) is 4.95. The summed E-state index contributed by atoms with van der Waals surface area (Å²) in [4.78, 5) is 3.49. The second-order valence-corrected chi connectivity index (χ2v) is 5.22. The summed E-state index contributed by atoms with van der Waals surface area (Å²) in [5.74, 6) is 0. The van der Waals surface area contributed by atoms with Crippen molar-refractivity contribution in [1.29, 1.82) is 0 Å². The number of fused-ring (bicyclic) bond motifs is 1. The minimum absolute atomic E-state index is 1.16. The predicted octanol–water partition coefficient (Wildman–Crippen LogP) is 5.50. The van der Waals surface area contributed by atoms with Gasteiger partial charge in [-0.2, -0.15) is 0 Å². The number of hydrogen-bond acceptors (Lipinski definition) is 0. The molecule has 0 atom stereocenters. The van der Waals surface area contributed by atoms with E-state index in [9.17, 15) is 0 Å². The van der Waals surface area contributed by atoms with Crippen LogP contribution in [0.1, 0.15) is 0 Å². The van der Waals surface area contributed by atoms with E-state index in [-0.39, 0.29) is 0 Å². The monoisotopic (exact) mass is 269 g/mol. The standard InChI is InChI=1S/C20H15N/c1-2-7-15(8-3-1)16-10-6-11-17(13-16)20-14-18-9-4-5-12-19(18)21-20/h1-14,21H. The lowest BCUT2D eigenvalue weighted by atomic mass is 10.0. The van der Waals surface area contributed by atoms with Gasteiger partial charge in [-0.15, -0.1) is 0 Å². The Hall–Kier alpha value is -2.80. The van der Waals surface area contributed by atoms with Gasteiger partial charge in [0.2, 0.25) is 0 Å². The van der Waals surface area contributed by atoms with Gasteiger partial charge in [0.15, 0.2) is 0 Å². The van der Waals surface area contributed by atoms with Crippen molar-refractivity contribution >= 4 is 10.9 Å². The predicted molar refractivity (Wildman–Crippen MR) is 89.2 cm³/mol. The van der Waals surface area contributed by atoms with Gasteiger partial charge in [0, 0.05) is 16.6 Å². The zero-order valence-electron chi connectivity index (χ0n) is 11.6. The third-order valence-electron chi connectivity index (χ3n) is 3.81. The topological polar surface area (TPSA) is 15.8 Å². The van der Waals surface area contributed by atoms with Crippen molar-refractivity contribution in [2.24, 2.45) is 0 Å². The molecular formula is C20H15N. The van der Waals surface area contributed by atoms with Crippen LogP contribution in [0.15, 0.2) is 84.9 Å². The van der Waals surface area contributed by atoms with E-state index in [0.717, 1.165) is 5.69 Å². The van der Waals surface area contributed by atoms with Gasteiger partial charge in [-0.25, -0.2) is 0 Å². The van der Waals surface area contributed by atoms with Gasteiger partial charge in [-0.3, -0.25) is 0 Å². The summed E-state index contributed by atoms with van der Waals surface area (Å²) in [5.41, 5.74) is 6.04. The number of benzene rings is 3. The summed E-state index contributed by atoms with van der Waals surface area (Å²) < 4.78 is 0. The van der Waals surface area contributed by atoms with Gasteiger partial charge in [-0.1, -0.05) is 66.7 Å². The molecule has 3 aromatic carbocycles. The molecule has 0 unspecified atom stereocenters. The first-order chi connectivity index (χ1) is 10.4. The maximum Gasteiger partial charge on any atom is 0.0464 e. The normalized spacial score (nSPS) is 10.9. The molecule has 0 spiro atoms. The van der Waals surface area contributed by atoms with Crippen molar-refractivity contribution < 1.29 is 0 Å². The Morgan fingerprint density at radius 2 is 1.24 bits per heavy atom. The minimum atomic E-state index is 1.16. The Morgan fingerprint density at radius 1 is 0.524 bits per heavy atom. The number of nitrogens with one attached hydrogen (secondary N) is 1. The van der Waals surface area contributed by atoms with E-state index in [1.54, 1.807) is 0 Å². The Morgan fingerprint density at radius 3 is 2.10 bits per heavy atom. The summed E-state index contributed by atoms with van der Waals surface area (Å²) in [6.45, 7) is 0. The highest BCUT2D eigenvalue weighted by Gasteiger charge is 2.04. The molecule has 4 rings (SSSR count). The number of aromatic nitrogens is 1. The summed E-state index contributed by atoms with van der Waals surface area (Å²) >= 11 is 0. The lowest BCUT2D eigenvalue weighted by molar-refractivity contribution is 1.45. The smallest absolute Gasteiger partial charge is 0.0464 e. The van der Waals surface area contributed by atoms with Crippen molar-refractivity contribution in [3.63, 3.8) is 0 Å². The van der Waals surface area contributed by atoms with Gasteiger partial charge >= 0.3 is 0 Å². The number of hydrogen-bond donors (Lipinski definition) is 1. The molecule has 0 amide bonds. The molecule has 1 aromatic heterocycles. The van der Waals surface area contributed by atoms with E-state index in [2.05, 4.69) is 83.8 Å². The van der Waals surface area contributed by atoms with Gasteiger partial charge < -0.3 is 4.98 Å². The van der Waals surface area contributed by atoms with Crippen LogP contribution in [0.3, 0.4) is 0 Å². The summed E-state index contributed by atoms with van der Waals surface area (Å²) in [6.07, 6.45) is 0. The summed E-state index contributed by atoms with van der Waals surface area (Å²) in [6, 6.07) is 29.7. The lowest BCUT2D eigenvalue weighted by Crippen LogP contribution is -1.80. The molecule has 100 valence electrons. The lowest BCUT2D eigenvalue weighted by Gasteiger charge is -2.04. The van der Waals surface area contributed by atoms with E-state index in [1.165, 1.54) is 27.6 Å². The maximum absolute atomic E-state index is 3.49. The molecule has 1 N–H and O–H groups in total. The highest BCUT2D eigenvalue weighted by molar-refractivity contribution is 5.86. The van der Waals surface area contributed by atoms with Gasteiger partial charge in [0.1, 0.15) is 0 Å². The van der Waals surface area contributed by atoms with Crippen LogP contribution in [0.25, 0.3) is 33.3 Å². The van der Waals surface area contributed by atoms with Crippen molar-refractivity contribution in [2.75, 3.05) is 0 Å². The first kappa shape index (κ1) is 12.0. The highest BCUT2D eigenvalue weighted by Crippen LogP contribution is 2.28. The molecule has 1 heterocycles. The maximum atomic E-state index is 3.49. The van der Waals surface area contributed by atoms with Gasteiger partial charge in [0.25, 0.3) is 0 Å². The van der Waals surface area contributed by atoms with Crippen LogP contribution in [0.5, 0.6) is 0 Å². The number of H-pyrrole nitrogens is 1. The molecule has 4 aromatic rings. The zero-order valence-corrected chi connectivity index (χ0v) is 11.6. The molecule has 0 radical (unpaired) electrons. The van der Waals surface area contributed by atoms with Crippen LogP contribution in [-0.2, 0) is 0 Å². The van der Waals surface area contributed by atoms with E-state index in [4.69, 9.17) is 0 Å². The van der Waals surface area contributed by atoms with Gasteiger partial charge in [-0.05, 0) is 34.9 Å². The summed E-state index contributed by atoms with van der Waals surface area (Å²) in [5, 5.41) is 1.25. The largest absolute Gasteiger partial charge is 0.355 e. The number of rotatable bonds is 2. The quantitative estimate of drug-likeness (QED) is 0.494.